The van der Waals surface area contributed by atoms with Crippen LogP contribution in [0.4, 0.5) is 10.1 Å². The van der Waals surface area contributed by atoms with Crippen LogP contribution in [0.15, 0.2) is 67.0 Å². The number of para-hydroxylation sites is 1. The maximum atomic E-state index is 14.0. The van der Waals surface area contributed by atoms with Gasteiger partial charge in [0.25, 0.3) is 0 Å². The van der Waals surface area contributed by atoms with Crippen molar-refractivity contribution in [2.45, 2.75) is 31.9 Å². The molecule has 0 bridgehead atoms. The van der Waals surface area contributed by atoms with Gasteiger partial charge in [0, 0.05) is 30.2 Å². The van der Waals surface area contributed by atoms with Crippen molar-refractivity contribution in [2.75, 3.05) is 19.0 Å². The largest absolute Gasteiger partial charge is 0.493 e. The van der Waals surface area contributed by atoms with E-state index in [1.807, 2.05) is 18.2 Å². The summed E-state index contributed by atoms with van der Waals surface area (Å²) in [6, 6.07) is 15.4. The average molecular weight is 602 g/mol. The van der Waals surface area contributed by atoms with E-state index < -0.39 is 12.1 Å². The SMILES string of the molecule is COc1ccc(C(Cc2c(Cl)cncc2Cl)OC(=O)c2ccc(CNc3ccccc3F)s2)cc1OCC1CC1. The molecule has 1 atom stereocenters. The monoisotopic (exact) mass is 600 g/mol. The Hall–Kier alpha value is -3.33. The van der Waals surface area contributed by atoms with Crippen LogP contribution in [0.1, 0.15) is 44.6 Å². The summed E-state index contributed by atoms with van der Waals surface area (Å²) in [5.74, 6) is 0.897. The van der Waals surface area contributed by atoms with Crippen molar-refractivity contribution in [3.63, 3.8) is 0 Å². The highest BCUT2D eigenvalue weighted by Crippen LogP contribution is 2.37. The molecule has 0 spiro atoms. The standard InChI is InChI=1S/C30H27Cl2FN2O4S/c1-37-26-10-8-19(12-28(26)38-17-18-6-7-18)27(13-21-22(31)15-34-16-23(21)32)39-30(36)29-11-9-20(40-29)14-35-25-5-3-2-4-24(25)33/h2-5,8-12,15-16,18,27,35H,6-7,13-14,17H2,1H3. The molecule has 208 valence electrons. The van der Waals surface area contributed by atoms with E-state index in [2.05, 4.69) is 10.3 Å². The molecule has 1 fully saturated rings. The van der Waals surface area contributed by atoms with Crippen LogP contribution in [0, 0.1) is 11.7 Å². The van der Waals surface area contributed by atoms with Gasteiger partial charge in [0.1, 0.15) is 16.8 Å². The number of rotatable bonds is 12. The number of halogens is 3. The van der Waals surface area contributed by atoms with Crippen molar-refractivity contribution in [3.8, 4) is 11.5 Å². The lowest BCUT2D eigenvalue weighted by Crippen LogP contribution is -2.14. The Morgan fingerprint density at radius 3 is 2.60 bits per heavy atom. The fourth-order valence-corrected chi connectivity index (χ4v) is 5.45. The lowest BCUT2D eigenvalue weighted by molar-refractivity contribution is 0.0302. The number of hydrogen-bond donors (Lipinski definition) is 1. The minimum atomic E-state index is -0.721. The number of methoxy groups -OCH3 is 1. The molecular formula is C30H27Cl2FN2O4S. The molecule has 2 aromatic carbocycles. The van der Waals surface area contributed by atoms with Gasteiger partial charge in [-0.05, 0) is 66.3 Å². The van der Waals surface area contributed by atoms with Gasteiger partial charge < -0.3 is 19.5 Å². The molecule has 0 radical (unpaired) electrons. The lowest BCUT2D eigenvalue weighted by atomic mass is 10.0. The zero-order valence-electron chi connectivity index (χ0n) is 21.7. The summed E-state index contributed by atoms with van der Waals surface area (Å²) in [4.78, 5) is 18.6. The van der Waals surface area contributed by atoms with Gasteiger partial charge in [-0.1, -0.05) is 41.4 Å². The first-order chi connectivity index (χ1) is 19.4. The number of nitrogens with zero attached hydrogens (tertiary/aromatic N) is 1. The molecule has 1 N–H and O–H groups in total. The summed E-state index contributed by atoms with van der Waals surface area (Å²) in [6.45, 7) is 0.968. The average Bonchev–Trinajstić information content (AvgIpc) is 3.67. The summed E-state index contributed by atoms with van der Waals surface area (Å²) in [5.41, 5.74) is 1.72. The number of benzene rings is 2. The predicted molar refractivity (Wildman–Crippen MR) is 155 cm³/mol. The Kier molecular flexibility index (Phi) is 9.09. The number of thiophene rings is 1. The molecule has 5 rings (SSSR count). The second-order valence-electron chi connectivity index (χ2n) is 9.44. The Morgan fingerprint density at radius 2 is 1.88 bits per heavy atom. The van der Waals surface area contributed by atoms with Crippen LogP contribution in [0.3, 0.4) is 0 Å². The Labute approximate surface area is 246 Å². The van der Waals surface area contributed by atoms with Crippen LogP contribution in [0.5, 0.6) is 11.5 Å². The van der Waals surface area contributed by atoms with Crippen molar-refractivity contribution in [3.05, 3.63) is 104 Å². The minimum absolute atomic E-state index is 0.230. The van der Waals surface area contributed by atoms with Gasteiger partial charge in [0.15, 0.2) is 11.5 Å². The zero-order valence-corrected chi connectivity index (χ0v) is 24.0. The number of carbonyl (C=O) groups excluding carboxylic acids is 1. The van der Waals surface area contributed by atoms with Gasteiger partial charge >= 0.3 is 5.97 Å². The molecule has 0 aliphatic heterocycles. The summed E-state index contributed by atoms with van der Waals surface area (Å²) < 4.78 is 31.6. The van der Waals surface area contributed by atoms with Crippen LogP contribution in [-0.4, -0.2) is 24.7 Å². The first-order valence-electron chi connectivity index (χ1n) is 12.8. The summed E-state index contributed by atoms with van der Waals surface area (Å²) in [5, 5.41) is 3.82. The number of carbonyl (C=O) groups is 1. The number of anilines is 1. The van der Waals surface area contributed by atoms with Crippen LogP contribution in [0.25, 0.3) is 0 Å². The van der Waals surface area contributed by atoms with E-state index in [4.69, 9.17) is 37.4 Å². The molecule has 6 nitrogen and oxygen atoms in total. The van der Waals surface area contributed by atoms with E-state index in [0.717, 1.165) is 17.7 Å². The number of esters is 1. The molecular weight excluding hydrogens is 574 g/mol. The molecule has 1 saturated carbocycles. The fourth-order valence-electron chi connectivity index (χ4n) is 4.10. The molecule has 0 saturated heterocycles. The Bertz CT molecular complexity index is 1470. The van der Waals surface area contributed by atoms with Crippen molar-refractivity contribution in [1.82, 2.24) is 4.98 Å². The molecule has 1 unspecified atom stereocenters. The van der Waals surface area contributed by atoms with Crippen molar-refractivity contribution in [1.29, 1.82) is 0 Å². The highest BCUT2D eigenvalue weighted by atomic mass is 35.5. The van der Waals surface area contributed by atoms with Crippen molar-refractivity contribution >= 4 is 46.2 Å². The normalized spacial score (nSPS) is 13.5. The fraction of sp³-hybridized carbons (Fsp3) is 0.267. The zero-order chi connectivity index (χ0) is 28.1. The van der Waals surface area contributed by atoms with Crippen molar-refractivity contribution < 1.29 is 23.4 Å². The van der Waals surface area contributed by atoms with E-state index in [-0.39, 0.29) is 12.2 Å². The van der Waals surface area contributed by atoms with E-state index in [1.54, 1.807) is 37.4 Å². The maximum absolute atomic E-state index is 14.0. The number of nitrogens with one attached hydrogen (secondary N) is 1. The Morgan fingerprint density at radius 1 is 1.10 bits per heavy atom. The van der Waals surface area contributed by atoms with Gasteiger partial charge in [0.2, 0.25) is 0 Å². The highest BCUT2D eigenvalue weighted by molar-refractivity contribution is 7.13. The summed E-state index contributed by atoms with van der Waals surface area (Å²) in [6.07, 6.45) is 4.83. The molecule has 40 heavy (non-hydrogen) atoms. The third-order valence-electron chi connectivity index (χ3n) is 6.51. The summed E-state index contributed by atoms with van der Waals surface area (Å²) in [7, 11) is 1.59. The molecule has 0 amide bonds. The van der Waals surface area contributed by atoms with E-state index >= 15 is 0 Å². The number of hydrogen-bond acceptors (Lipinski definition) is 7. The molecule has 1 aliphatic carbocycles. The van der Waals surface area contributed by atoms with Gasteiger partial charge in [-0.25, -0.2) is 9.18 Å². The minimum Gasteiger partial charge on any atom is -0.493 e. The lowest BCUT2D eigenvalue weighted by Gasteiger charge is -2.21. The third kappa shape index (κ3) is 7.05. The van der Waals surface area contributed by atoms with Gasteiger partial charge in [-0.2, -0.15) is 0 Å². The second-order valence-corrected chi connectivity index (χ2v) is 11.4. The smallest absolute Gasteiger partial charge is 0.348 e. The van der Waals surface area contributed by atoms with Crippen LogP contribution >= 0.6 is 34.5 Å². The molecule has 2 aromatic heterocycles. The predicted octanol–water partition coefficient (Wildman–Crippen LogP) is 8.14. The third-order valence-corrected chi connectivity index (χ3v) is 8.23. The topological polar surface area (TPSA) is 69.7 Å². The Balaban J connectivity index is 1.36. The molecule has 1 aliphatic rings. The summed E-state index contributed by atoms with van der Waals surface area (Å²) >= 11 is 14.1. The van der Waals surface area contributed by atoms with Crippen molar-refractivity contribution in [2.24, 2.45) is 5.92 Å². The number of pyridine rings is 1. The second kappa shape index (κ2) is 12.9. The first-order valence-corrected chi connectivity index (χ1v) is 14.3. The van der Waals surface area contributed by atoms with E-state index in [0.29, 0.717) is 62.3 Å². The number of aromatic nitrogens is 1. The molecule has 2 heterocycles. The van der Waals surface area contributed by atoms with Crippen LogP contribution in [-0.2, 0) is 17.7 Å². The van der Waals surface area contributed by atoms with Gasteiger partial charge in [0.05, 0.1) is 29.4 Å². The van der Waals surface area contributed by atoms with Gasteiger partial charge in [-0.3, -0.25) is 4.98 Å². The molecule has 4 aromatic rings. The first kappa shape index (κ1) is 28.2. The van der Waals surface area contributed by atoms with E-state index in [1.165, 1.54) is 29.8 Å². The van der Waals surface area contributed by atoms with Gasteiger partial charge in [-0.15, -0.1) is 11.3 Å². The molecule has 10 heteroatoms. The quantitative estimate of drug-likeness (QED) is 0.165. The van der Waals surface area contributed by atoms with E-state index in [9.17, 15) is 9.18 Å². The maximum Gasteiger partial charge on any atom is 0.348 e. The van der Waals surface area contributed by atoms with Crippen LogP contribution < -0.4 is 14.8 Å². The number of ether oxygens (including phenoxy) is 3. The van der Waals surface area contributed by atoms with Crippen LogP contribution in [0.2, 0.25) is 10.0 Å². The highest BCUT2D eigenvalue weighted by Gasteiger charge is 2.26.